The standard InChI is InChI=1S/C18H22ClNO2/c1-13(20-12-15-5-8-16(19)9-6-15)3-4-14-7-10-17(21)18(11-14)22-2/h5-11,13,20-21H,3-4,12H2,1-2H3. The summed E-state index contributed by atoms with van der Waals surface area (Å²) in [6.45, 7) is 3.00. The summed E-state index contributed by atoms with van der Waals surface area (Å²) in [5.74, 6) is 0.708. The quantitative estimate of drug-likeness (QED) is 0.805. The number of hydrogen-bond donors (Lipinski definition) is 2. The number of phenolic OH excluding ortho intramolecular Hbond substituents is 1. The van der Waals surface area contributed by atoms with Gasteiger partial charge >= 0.3 is 0 Å². The van der Waals surface area contributed by atoms with Crippen molar-refractivity contribution < 1.29 is 9.84 Å². The molecule has 2 N–H and O–H groups in total. The Morgan fingerprint density at radius 2 is 1.82 bits per heavy atom. The fourth-order valence-electron chi connectivity index (χ4n) is 2.26. The molecule has 2 rings (SSSR count). The molecule has 0 fully saturated rings. The Morgan fingerprint density at radius 1 is 1.14 bits per heavy atom. The van der Waals surface area contributed by atoms with Gasteiger partial charge in [-0.2, -0.15) is 0 Å². The second kappa shape index (κ2) is 8.06. The first kappa shape index (κ1) is 16.7. The lowest BCUT2D eigenvalue weighted by Crippen LogP contribution is -2.25. The van der Waals surface area contributed by atoms with E-state index in [1.165, 1.54) is 5.56 Å². The minimum Gasteiger partial charge on any atom is -0.504 e. The molecule has 4 heteroatoms. The van der Waals surface area contributed by atoms with Gasteiger partial charge in [-0.1, -0.05) is 29.8 Å². The molecule has 0 aliphatic rings. The van der Waals surface area contributed by atoms with Crippen molar-refractivity contribution in [1.82, 2.24) is 5.32 Å². The molecule has 0 amide bonds. The Morgan fingerprint density at radius 3 is 2.50 bits per heavy atom. The third-order valence-corrected chi connectivity index (χ3v) is 3.93. The van der Waals surface area contributed by atoms with E-state index in [1.54, 1.807) is 13.2 Å². The van der Waals surface area contributed by atoms with Gasteiger partial charge in [-0.15, -0.1) is 0 Å². The van der Waals surface area contributed by atoms with E-state index in [9.17, 15) is 5.11 Å². The topological polar surface area (TPSA) is 41.5 Å². The maximum Gasteiger partial charge on any atom is 0.160 e. The van der Waals surface area contributed by atoms with Crippen LogP contribution in [0.4, 0.5) is 0 Å². The van der Waals surface area contributed by atoms with Crippen molar-refractivity contribution in [2.75, 3.05) is 7.11 Å². The SMILES string of the molecule is COc1cc(CCC(C)NCc2ccc(Cl)cc2)ccc1O. The highest BCUT2D eigenvalue weighted by Gasteiger charge is 2.06. The van der Waals surface area contributed by atoms with Gasteiger partial charge in [-0.25, -0.2) is 0 Å². The largest absolute Gasteiger partial charge is 0.504 e. The zero-order valence-corrected chi connectivity index (χ0v) is 13.7. The zero-order valence-electron chi connectivity index (χ0n) is 13.0. The van der Waals surface area contributed by atoms with Crippen LogP contribution < -0.4 is 10.1 Å². The van der Waals surface area contributed by atoms with Crippen LogP contribution in [0, 0.1) is 0 Å². The smallest absolute Gasteiger partial charge is 0.160 e. The van der Waals surface area contributed by atoms with Crippen LogP contribution in [0.2, 0.25) is 5.02 Å². The molecule has 0 aliphatic carbocycles. The third kappa shape index (κ3) is 4.93. The molecular weight excluding hydrogens is 298 g/mol. The van der Waals surface area contributed by atoms with E-state index in [0.29, 0.717) is 11.8 Å². The summed E-state index contributed by atoms with van der Waals surface area (Å²) in [5, 5.41) is 13.9. The summed E-state index contributed by atoms with van der Waals surface area (Å²) in [6.07, 6.45) is 1.95. The molecule has 0 saturated heterocycles. The van der Waals surface area contributed by atoms with E-state index >= 15 is 0 Å². The normalized spacial score (nSPS) is 12.1. The van der Waals surface area contributed by atoms with Crippen molar-refractivity contribution in [3.05, 3.63) is 58.6 Å². The minimum absolute atomic E-state index is 0.181. The minimum atomic E-state index is 0.181. The van der Waals surface area contributed by atoms with E-state index in [0.717, 1.165) is 30.0 Å². The second-order valence-corrected chi connectivity index (χ2v) is 5.89. The summed E-state index contributed by atoms with van der Waals surface area (Å²) >= 11 is 5.88. The first-order chi connectivity index (χ1) is 10.6. The molecule has 3 nitrogen and oxygen atoms in total. The molecular formula is C18H22ClNO2. The monoisotopic (exact) mass is 319 g/mol. The van der Waals surface area contributed by atoms with E-state index in [2.05, 4.69) is 12.2 Å². The number of halogens is 1. The Kier molecular flexibility index (Phi) is 6.10. The molecule has 0 heterocycles. The molecule has 2 aromatic carbocycles. The fraction of sp³-hybridized carbons (Fsp3) is 0.333. The maximum atomic E-state index is 9.60. The number of aromatic hydroxyl groups is 1. The van der Waals surface area contributed by atoms with Crippen LogP contribution in [0.3, 0.4) is 0 Å². The number of nitrogens with one attached hydrogen (secondary N) is 1. The number of ether oxygens (including phenoxy) is 1. The molecule has 0 aromatic heterocycles. The van der Waals surface area contributed by atoms with Gasteiger partial charge in [0.15, 0.2) is 11.5 Å². The molecule has 1 atom stereocenters. The predicted molar refractivity (Wildman–Crippen MR) is 90.7 cm³/mol. The van der Waals surface area contributed by atoms with E-state index in [4.69, 9.17) is 16.3 Å². The first-order valence-electron chi connectivity index (χ1n) is 7.42. The van der Waals surface area contributed by atoms with Crippen LogP contribution in [0.1, 0.15) is 24.5 Å². The average Bonchev–Trinajstić information content (AvgIpc) is 2.53. The molecule has 0 spiro atoms. The van der Waals surface area contributed by atoms with Crippen molar-refractivity contribution in [3.8, 4) is 11.5 Å². The van der Waals surface area contributed by atoms with Crippen molar-refractivity contribution in [1.29, 1.82) is 0 Å². The van der Waals surface area contributed by atoms with Gasteiger partial charge in [0.1, 0.15) is 0 Å². The Labute approximate surface area is 136 Å². The molecule has 0 bridgehead atoms. The van der Waals surface area contributed by atoms with Gasteiger partial charge < -0.3 is 15.2 Å². The summed E-state index contributed by atoms with van der Waals surface area (Å²) in [6, 6.07) is 13.8. The van der Waals surface area contributed by atoms with Crippen LogP contribution in [0.5, 0.6) is 11.5 Å². The number of methoxy groups -OCH3 is 1. The summed E-state index contributed by atoms with van der Waals surface area (Å²) in [4.78, 5) is 0. The van der Waals surface area contributed by atoms with Crippen LogP contribution in [0.15, 0.2) is 42.5 Å². The predicted octanol–water partition coefficient (Wildman–Crippen LogP) is 4.17. The lowest BCUT2D eigenvalue weighted by molar-refractivity contribution is 0.372. The van der Waals surface area contributed by atoms with Gasteiger partial charge in [0.05, 0.1) is 7.11 Å². The van der Waals surface area contributed by atoms with E-state index in [-0.39, 0.29) is 5.75 Å². The first-order valence-corrected chi connectivity index (χ1v) is 7.80. The summed E-state index contributed by atoms with van der Waals surface area (Å²) < 4.78 is 5.13. The fourth-order valence-corrected chi connectivity index (χ4v) is 2.38. The number of aryl methyl sites for hydroxylation is 1. The summed E-state index contributed by atoms with van der Waals surface area (Å²) in [5.41, 5.74) is 2.39. The highest BCUT2D eigenvalue weighted by Crippen LogP contribution is 2.26. The molecule has 1 unspecified atom stereocenters. The van der Waals surface area contributed by atoms with Crippen molar-refractivity contribution in [2.45, 2.75) is 32.4 Å². The Bertz CT molecular complexity index is 599. The molecule has 2 aromatic rings. The lowest BCUT2D eigenvalue weighted by atomic mass is 10.1. The van der Waals surface area contributed by atoms with E-state index < -0.39 is 0 Å². The molecule has 118 valence electrons. The molecule has 22 heavy (non-hydrogen) atoms. The van der Waals surface area contributed by atoms with Crippen molar-refractivity contribution >= 4 is 11.6 Å². The Hall–Kier alpha value is -1.71. The van der Waals surface area contributed by atoms with Crippen LogP contribution >= 0.6 is 11.6 Å². The number of rotatable bonds is 7. The second-order valence-electron chi connectivity index (χ2n) is 5.45. The molecule has 0 radical (unpaired) electrons. The van der Waals surface area contributed by atoms with Gasteiger partial charge in [0.2, 0.25) is 0 Å². The van der Waals surface area contributed by atoms with Gasteiger partial charge in [-0.3, -0.25) is 0 Å². The molecule has 0 saturated carbocycles. The number of phenols is 1. The lowest BCUT2D eigenvalue weighted by Gasteiger charge is -2.14. The van der Waals surface area contributed by atoms with Crippen molar-refractivity contribution in [2.24, 2.45) is 0 Å². The van der Waals surface area contributed by atoms with Gasteiger partial charge in [0, 0.05) is 17.6 Å². The van der Waals surface area contributed by atoms with E-state index in [1.807, 2.05) is 36.4 Å². The third-order valence-electron chi connectivity index (χ3n) is 3.68. The molecule has 0 aliphatic heterocycles. The van der Waals surface area contributed by atoms with Crippen LogP contribution in [-0.2, 0) is 13.0 Å². The number of benzene rings is 2. The highest BCUT2D eigenvalue weighted by atomic mass is 35.5. The Balaban J connectivity index is 1.80. The van der Waals surface area contributed by atoms with Crippen LogP contribution in [0.25, 0.3) is 0 Å². The average molecular weight is 320 g/mol. The van der Waals surface area contributed by atoms with Gasteiger partial charge in [0.25, 0.3) is 0 Å². The van der Waals surface area contributed by atoms with Crippen molar-refractivity contribution in [3.63, 3.8) is 0 Å². The van der Waals surface area contributed by atoms with Gasteiger partial charge in [-0.05, 0) is 55.2 Å². The zero-order chi connectivity index (χ0) is 15.9. The number of hydrogen-bond acceptors (Lipinski definition) is 3. The van der Waals surface area contributed by atoms with Crippen LogP contribution in [-0.4, -0.2) is 18.3 Å². The summed E-state index contributed by atoms with van der Waals surface area (Å²) in [7, 11) is 1.56. The highest BCUT2D eigenvalue weighted by molar-refractivity contribution is 6.30. The maximum absolute atomic E-state index is 9.60.